The minimum atomic E-state index is -0.495. The van der Waals surface area contributed by atoms with E-state index in [0.29, 0.717) is 38.0 Å². The Bertz CT molecular complexity index is 1230. The zero-order valence-corrected chi connectivity index (χ0v) is 19.8. The summed E-state index contributed by atoms with van der Waals surface area (Å²) >= 11 is 13.0. The monoisotopic (exact) mass is 508 g/mol. The van der Waals surface area contributed by atoms with E-state index in [1.165, 1.54) is 18.2 Å². The molecule has 0 saturated carbocycles. The predicted octanol–water partition coefficient (Wildman–Crippen LogP) is 4.25. The van der Waals surface area contributed by atoms with Crippen LogP contribution in [0.3, 0.4) is 0 Å². The molecule has 0 fully saturated rings. The van der Waals surface area contributed by atoms with Crippen LogP contribution in [0.25, 0.3) is 0 Å². The largest absolute Gasteiger partial charge is 0.326 e. The van der Waals surface area contributed by atoms with Crippen LogP contribution in [0.5, 0.6) is 0 Å². The number of amides is 2. The molecule has 0 unspecified atom stereocenters. The van der Waals surface area contributed by atoms with Gasteiger partial charge in [0.15, 0.2) is 5.16 Å². The number of carbonyl (C=O) groups is 2. The number of rotatable bonds is 8. The number of nitrogens with one attached hydrogen (secondary N) is 2. The van der Waals surface area contributed by atoms with Crippen molar-refractivity contribution >= 4 is 63.8 Å². The van der Waals surface area contributed by atoms with Crippen LogP contribution >= 0.6 is 35.0 Å². The Morgan fingerprint density at radius 2 is 1.85 bits per heavy atom. The zero-order chi connectivity index (χ0) is 24.1. The van der Waals surface area contributed by atoms with Crippen molar-refractivity contribution in [3.63, 3.8) is 0 Å². The molecule has 0 aliphatic carbocycles. The van der Waals surface area contributed by atoms with Gasteiger partial charge < -0.3 is 15.2 Å². The molecule has 0 bridgehead atoms. The van der Waals surface area contributed by atoms with E-state index in [9.17, 15) is 19.7 Å². The predicted molar refractivity (Wildman–Crippen MR) is 127 cm³/mol. The minimum Gasteiger partial charge on any atom is -0.326 e. The summed E-state index contributed by atoms with van der Waals surface area (Å²) in [4.78, 5) is 35.0. The summed E-state index contributed by atoms with van der Waals surface area (Å²) in [5, 5.41) is 25.5. The van der Waals surface area contributed by atoms with Crippen molar-refractivity contribution in [2.75, 3.05) is 16.4 Å². The van der Waals surface area contributed by atoms with E-state index in [2.05, 4.69) is 20.8 Å². The van der Waals surface area contributed by atoms with Gasteiger partial charge >= 0.3 is 0 Å². The molecular formula is C20H18Cl2N6O4S. The fourth-order valence-corrected chi connectivity index (χ4v) is 3.79. The average Bonchev–Trinajstić information content (AvgIpc) is 3.09. The highest BCUT2D eigenvalue weighted by Crippen LogP contribution is 2.25. The van der Waals surface area contributed by atoms with Crippen molar-refractivity contribution in [2.45, 2.75) is 18.5 Å². The van der Waals surface area contributed by atoms with Gasteiger partial charge in [-0.25, -0.2) is 0 Å². The number of thioether (sulfide) groups is 1. The summed E-state index contributed by atoms with van der Waals surface area (Å²) in [6.07, 6.45) is -0.0293. The van der Waals surface area contributed by atoms with E-state index >= 15 is 0 Å². The van der Waals surface area contributed by atoms with Gasteiger partial charge in [-0.2, -0.15) is 0 Å². The number of nitrogens with zero attached hydrogens (tertiary/aromatic N) is 4. The van der Waals surface area contributed by atoms with E-state index in [0.717, 1.165) is 11.8 Å². The molecule has 2 aromatic carbocycles. The van der Waals surface area contributed by atoms with Crippen LogP contribution in [0.4, 0.5) is 17.1 Å². The maximum Gasteiger partial charge on any atom is 0.269 e. The first-order chi connectivity index (χ1) is 15.6. The first-order valence-corrected chi connectivity index (χ1v) is 11.2. The number of non-ortho nitro benzene ring substituents is 1. The van der Waals surface area contributed by atoms with Crippen LogP contribution in [0.15, 0.2) is 41.6 Å². The molecule has 2 amide bonds. The summed E-state index contributed by atoms with van der Waals surface area (Å²) in [6, 6.07) is 8.97. The van der Waals surface area contributed by atoms with Crippen LogP contribution in [-0.2, 0) is 23.1 Å². The number of anilines is 2. The third-order valence-electron chi connectivity index (χ3n) is 4.47. The van der Waals surface area contributed by atoms with E-state index in [1.807, 2.05) is 0 Å². The minimum absolute atomic E-state index is 0.0293. The van der Waals surface area contributed by atoms with Gasteiger partial charge in [0.25, 0.3) is 5.69 Å². The highest BCUT2D eigenvalue weighted by Gasteiger charge is 2.16. The third kappa shape index (κ3) is 6.44. The molecule has 1 aromatic heterocycles. The quantitative estimate of drug-likeness (QED) is 0.264. The molecule has 10 nitrogen and oxygen atoms in total. The summed E-state index contributed by atoms with van der Waals surface area (Å²) in [5.74, 6) is -0.162. The molecule has 33 heavy (non-hydrogen) atoms. The average molecular weight is 509 g/mol. The maximum atomic E-state index is 12.3. The lowest BCUT2D eigenvalue weighted by Crippen LogP contribution is -2.17. The summed E-state index contributed by atoms with van der Waals surface area (Å²) in [6.45, 7) is 1.67. The van der Waals surface area contributed by atoms with Gasteiger partial charge in [-0.05, 0) is 36.8 Å². The number of hydrogen-bond donors (Lipinski definition) is 2. The standard InChI is InChI=1S/C20H18Cl2N6O4S/c1-11-7-13(28(31)32)4-6-16(11)24-19(30)10-33-20-26-25-17(27(20)2)9-18(29)23-12-3-5-14(21)15(22)8-12/h3-8H,9-10H2,1-2H3,(H,23,29)(H,24,30). The SMILES string of the molecule is Cc1cc([N+](=O)[O-])ccc1NC(=O)CSc1nnc(CC(=O)Nc2ccc(Cl)c(Cl)c2)n1C. The number of halogens is 2. The van der Waals surface area contributed by atoms with Crippen molar-refractivity contribution in [3.05, 3.63) is 67.9 Å². The second-order valence-corrected chi connectivity index (χ2v) is 8.66. The maximum absolute atomic E-state index is 12.3. The van der Waals surface area contributed by atoms with Crippen LogP contribution in [-0.4, -0.2) is 37.3 Å². The van der Waals surface area contributed by atoms with Crippen LogP contribution < -0.4 is 10.6 Å². The highest BCUT2D eigenvalue weighted by molar-refractivity contribution is 7.99. The zero-order valence-electron chi connectivity index (χ0n) is 17.5. The molecule has 3 aromatic rings. The first kappa shape index (κ1) is 24.5. The van der Waals surface area contributed by atoms with Gasteiger partial charge in [-0.1, -0.05) is 35.0 Å². The Balaban J connectivity index is 1.55. The molecule has 0 aliphatic rings. The number of hydrogen-bond acceptors (Lipinski definition) is 7. The lowest BCUT2D eigenvalue weighted by molar-refractivity contribution is -0.384. The normalized spacial score (nSPS) is 10.7. The molecule has 0 radical (unpaired) electrons. The first-order valence-electron chi connectivity index (χ1n) is 9.45. The molecule has 13 heteroatoms. The Kier molecular flexibility index (Phi) is 7.90. The van der Waals surface area contributed by atoms with Gasteiger partial charge in [0.1, 0.15) is 5.82 Å². The van der Waals surface area contributed by atoms with E-state index in [-0.39, 0.29) is 29.7 Å². The molecule has 2 N–H and O–H groups in total. The third-order valence-corrected chi connectivity index (χ3v) is 6.23. The van der Waals surface area contributed by atoms with Gasteiger partial charge in [0.2, 0.25) is 11.8 Å². The fraction of sp³-hybridized carbons (Fsp3) is 0.200. The number of nitro benzene ring substituents is 1. The van der Waals surface area contributed by atoms with E-state index < -0.39 is 4.92 Å². The Morgan fingerprint density at radius 1 is 1.09 bits per heavy atom. The Labute approximate surface area is 202 Å². The van der Waals surface area contributed by atoms with Gasteiger partial charge in [0, 0.05) is 30.6 Å². The number of aromatic nitrogens is 3. The number of carbonyl (C=O) groups excluding carboxylic acids is 2. The van der Waals surface area contributed by atoms with Gasteiger partial charge in [-0.15, -0.1) is 10.2 Å². The lowest BCUT2D eigenvalue weighted by atomic mass is 10.2. The van der Waals surface area contributed by atoms with Crippen LogP contribution in [0, 0.1) is 17.0 Å². The molecule has 3 rings (SSSR count). The number of benzene rings is 2. The number of nitro groups is 1. The van der Waals surface area contributed by atoms with Crippen molar-refractivity contribution < 1.29 is 14.5 Å². The summed E-state index contributed by atoms with van der Waals surface area (Å²) < 4.78 is 1.63. The van der Waals surface area contributed by atoms with Crippen LogP contribution in [0.1, 0.15) is 11.4 Å². The van der Waals surface area contributed by atoms with Crippen molar-refractivity contribution in [1.29, 1.82) is 0 Å². The van der Waals surface area contributed by atoms with Gasteiger partial charge in [0.05, 0.1) is 27.1 Å². The fourth-order valence-electron chi connectivity index (χ4n) is 2.77. The molecular weight excluding hydrogens is 491 g/mol. The highest BCUT2D eigenvalue weighted by atomic mass is 35.5. The van der Waals surface area contributed by atoms with Crippen LogP contribution in [0.2, 0.25) is 10.0 Å². The van der Waals surface area contributed by atoms with Gasteiger partial charge in [-0.3, -0.25) is 19.7 Å². The molecule has 0 spiro atoms. The second-order valence-electron chi connectivity index (χ2n) is 6.90. The van der Waals surface area contributed by atoms with Crippen molar-refractivity contribution in [3.8, 4) is 0 Å². The van der Waals surface area contributed by atoms with E-state index in [4.69, 9.17) is 23.2 Å². The molecule has 0 aliphatic heterocycles. The van der Waals surface area contributed by atoms with E-state index in [1.54, 1.807) is 36.7 Å². The van der Waals surface area contributed by atoms with Crippen molar-refractivity contribution in [1.82, 2.24) is 14.8 Å². The smallest absolute Gasteiger partial charge is 0.269 e. The molecule has 0 atom stereocenters. The summed E-state index contributed by atoms with van der Waals surface area (Å²) in [7, 11) is 1.70. The topological polar surface area (TPSA) is 132 Å². The summed E-state index contributed by atoms with van der Waals surface area (Å²) in [5.41, 5.74) is 1.53. The molecule has 172 valence electrons. The Hall–Kier alpha value is -3.15. The molecule has 1 heterocycles. The molecule has 0 saturated heterocycles. The Morgan fingerprint density at radius 3 is 2.52 bits per heavy atom. The second kappa shape index (κ2) is 10.6. The van der Waals surface area contributed by atoms with Crippen molar-refractivity contribution in [2.24, 2.45) is 7.05 Å². The number of aryl methyl sites for hydroxylation is 1. The lowest BCUT2D eigenvalue weighted by Gasteiger charge is -2.08.